The summed E-state index contributed by atoms with van der Waals surface area (Å²) < 4.78 is 28.5. The molecule has 23 heavy (non-hydrogen) atoms. The van der Waals surface area contributed by atoms with E-state index in [4.69, 9.17) is 5.73 Å². The Morgan fingerprint density at radius 3 is 2.04 bits per heavy atom. The molecule has 0 atom stereocenters. The zero-order valence-corrected chi connectivity index (χ0v) is 13.2. The summed E-state index contributed by atoms with van der Waals surface area (Å²) in [5.41, 5.74) is 7.28. The molecular weight excluding hydrogens is 312 g/mol. The number of hydrogen-bond acceptors (Lipinski definition) is 2. The van der Waals surface area contributed by atoms with Crippen LogP contribution in [0.3, 0.4) is 0 Å². The van der Waals surface area contributed by atoms with E-state index in [0.717, 1.165) is 10.4 Å². The Morgan fingerprint density at radius 1 is 0.870 bits per heavy atom. The SMILES string of the molecule is Cc1ccc(-c2c(F)cc(C#Cc3ccc(N)cc3)cc2F)s1. The van der Waals surface area contributed by atoms with E-state index in [0.29, 0.717) is 16.1 Å². The van der Waals surface area contributed by atoms with Crippen LogP contribution in [0.1, 0.15) is 16.0 Å². The summed E-state index contributed by atoms with van der Waals surface area (Å²) in [4.78, 5) is 1.58. The van der Waals surface area contributed by atoms with E-state index >= 15 is 0 Å². The van der Waals surface area contributed by atoms with Gasteiger partial charge in [0.1, 0.15) is 11.6 Å². The Kier molecular flexibility index (Phi) is 4.14. The van der Waals surface area contributed by atoms with Gasteiger partial charge in [-0.2, -0.15) is 0 Å². The first-order valence-corrected chi connectivity index (χ1v) is 7.78. The van der Waals surface area contributed by atoms with Crippen molar-refractivity contribution in [3.05, 3.63) is 76.2 Å². The minimum atomic E-state index is -0.603. The molecule has 1 heterocycles. The molecular formula is C19H13F2NS. The second kappa shape index (κ2) is 6.23. The highest BCUT2D eigenvalue weighted by molar-refractivity contribution is 7.15. The molecule has 3 rings (SSSR count). The van der Waals surface area contributed by atoms with Crippen molar-refractivity contribution < 1.29 is 8.78 Å². The lowest BCUT2D eigenvalue weighted by Crippen LogP contribution is -1.90. The maximum absolute atomic E-state index is 14.3. The van der Waals surface area contributed by atoms with Crippen molar-refractivity contribution in [3.63, 3.8) is 0 Å². The fraction of sp³-hybridized carbons (Fsp3) is 0.0526. The maximum Gasteiger partial charge on any atom is 0.136 e. The largest absolute Gasteiger partial charge is 0.399 e. The van der Waals surface area contributed by atoms with E-state index in [1.807, 2.05) is 13.0 Å². The second-order valence-corrected chi connectivity index (χ2v) is 6.39. The Bertz CT molecular complexity index is 892. The number of anilines is 1. The molecule has 0 bridgehead atoms. The van der Waals surface area contributed by atoms with E-state index in [1.54, 1.807) is 30.3 Å². The van der Waals surface area contributed by atoms with Crippen LogP contribution in [0.4, 0.5) is 14.5 Å². The predicted molar refractivity (Wildman–Crippen MR) is 91.2 cm³/mol. The Labute approximate surface area is 137 Å². The fourth-order valence-electron chi connectivity index (χ4n) is 2.16. The number of thiophene rings is 1. The highest BCUT2D eigenvalue weighted by Crippen LogP contribution is 2.32. The molecule has 0 saturated heterocycles. The molecule has 0 unspecified atom stereocenters. The first kappa shape index (κ1) is 15.3. The number of rotatable bonds is 1. The molecule has 0 aliphatic carbocycles. The van der Waals surface area contributed by atoms with E-state index in [1.165, 1.54) is 23.5 Å². The van der Waals surface area contributed by atoms with Crippen molar-refractivity contribution >= 4 is 17.0 Å². The van der Waals surface area contributed by atoms with Gasteiger partial charge in [-0.05, 0) is 55.5 Å². The van der Waals surface area contributed by atoms with Crippen LogP contribution in [0.5, 0.6) is 0 Å². The summed E-state index contributed by atoms with van der Waals surface area (Å²) in [6.07, 6.45) is 0. The van der Waals surface area contributed by atoms with Gasteiger partial charge in [0.2, 0.25) is 0 Å². The Morgan fingerprint density at radius 2 is 1.48 bits per heavy atom. The van der Waals surface area contributed by atoms with Gasteiger partial charge in [-0.15, -0.1) is 11.3 Å². The maximum atomic E-state index is 14.3. The quantitative estimate of drug-likeness (QED) is 0.495. The number of aryl methyl sites for hydroxylation is 1. The van der Waals surface area contributed by atoms with Crippen molar-refractivity contribution in [2.24, 2.45) is 0 Å². The van der Waals surface area contributed by atoms with Gasteiger partial charge in [-0.25, -0.2) is 8.78 Å². The fourth-order valence-corrected chi connectivity index (χ4v) is 3.08. The number of hydrogen-bond donors (Lipinski definition) is 1. The monoisotopic (exact) mass is 325 g/mol. The van der Waals surface area contributed by atoms with Crippen molar-refractivity contribution in [1.29, 1.82) is 0 Å². The number of nitrogen functional groups attached to an aromatic ring is 1. The van der Waals surface area contributed by atoms with Crippen LogP contribution in [-0.2, 0) is 0 Å². The lowest BCUT2D eigenvalue weighted by molar-refractivity contribution is 0.589. The van der Waals surface area contributed by atoms with E-state index in [2.05, 4.69) is 11.8 Å². The predicted octanol–water partition coefficient (Wildman–Crippen LogP) is 4.98. The summed E-state index contributed by atoms with van der Waals surface area (Å²) in [5, 5.41) is 0. The molecule has 2 aromatic carbocycles. The molecule has 0 radical (unpaired) electrons. The van der Waals surface area contributed by atoms with Gasteiger partial charge in [0.15, 0.2) is 0 Å². The summed E-state index contributed by atoms with van der Waals surface area (Å²) in [7, 11) is 0. The van der Waals surface area contributed by atoms with Gasteiger partial charge in [0.25, 0.3) is 0 Å². The van der Waals surface area contributed by atoms with Crippen molar-refractivity contribution in [3.8, 4) is 22.3 Å². The number of halogens is 2. The third-order valence-corrected chi connectivity index (χ3v) is 4.31. The molecule has 2 N–H and O–H groups in total. The molecule has 0 spiro atoms. The second-order valence-electron chi connectivity index (χ2n) is 5.10. The molecule has 0 amide bonds. The van der Waals surface area contributed by atoms with Gasteiger partial charge in [0, 0.05) is 26.6 Å². The lowest BCUT2D eigenvalue weighted by atomic mass is 10.1. The van der Waals surface area contributed by atoms with Crippen LogP contribution in [0.15, 0.2) is 48.5 Å². The first-order chi connectivity index (χ1) is 11.0. The van der Waals surface area contributed by atoms with Crippen molar-refractivity contribution in [2.45, 2.75) is 6.92 Å². The Balaban J connectivity index is 1.96. The van der Waals surface area contributed by atoms with Gasteiger partial charge < -0.3 is 5.73 Å². The summed E-state index contributed by atoms with van der Waals surface area (Å²) in [6, 6.07) is 13.1. The molecule has 1 aromatic heterocycles. The smallest absolute Gasteiger partial charge is 0.136 e. The van der Waals surface area contributed by atoms with Crippen LogP contribution < -0.4 is 5.73 Å². The van der Waals surface area contributed by atoms with Gasteiger partial charge in [-0.3, -0.25) is 0 Å². The molecule has 1 nitrogen and oxygen atoms in total. The van der Waals surface area contributed by atoms with E-state index in [-0.39, 0.29) is 5.56 Å². The molecule has 0 aliphatic heterocycles. The first-order valence-electron chi connectivity index (χ1n) is 6.96. The summed E-state index contributed by atoms with van der Waals surface area (Å²) in [5.74, 6) is 4.44. The Hall–Kier alpha value is -2.64. The van der Waals surface area contributed by atoms with Crippen LogP contribution in [0, 0.1) is 30.4 Å². The van der Waals surface area contributed by atoms with Crippen LogP contribution in [0.25, 0.3) is 10.4 Å². The van der Waals surface area contributed by atoms with E-state index < -0.39 is 11.6 Å². The molecule has 114 valence electrons. The average Bonchev–Trinajstić information content (AvgIpc) is 2.92. The van der Waals surface area contributed by atoms with Crippen molar-refractivity contribution in [1.82, 2.24) is 0 Å². The van der Waals surface area contributed by atoms with Gasteiger partial charge in [0.05, 0.1) is 5.56 Å². The van der Waals surface area contributed by atoms with Gasteiger partial charge >= 0.3 is 0 Å². The lowest BCUT2D eigenvalue weighted by Gasteiger charge is -2.03. The number of benzene rings is 2. The highest BCUT2D eigenvalue weighted by atomic mass is 32.1. The normalized spacial score (nSPS) is 10.2. The van der Waals surface area contributed by atoms with Crippen LogP contribution in [-0.4, -0.2) is 0 Å². The van der Waals surface area contributed by atoms with Crippen LogP contribution >= 0.6 is 11.3 Å². The summed E-state index contributed by atoms with van der Waals surface area (Å²) >= 11 is 1.36. The average molecular weight is 325 g/mol. The molecule has 3 aromatic rings. The van der Waals surface area contributed by atoms with Crippen LogP contribution in [0.2, 0.25) is 0 Å². The molecule has 0 saturated carbocycles. The minimum Gasteiger partial charge on any atom is -0.399 e. The van der Waals surface area contributed by atoms with Gasteiger partial charge in [-0.1, -0.05) is 11.8 Å². The zero-order chi connectivity index (χ0) is 16.4. The van der Waals surface area contributed by atoms with Crippen molar-refractivity contribution in [2.75, 3.05) is 5.73 Å². The highest BCUT2D eigenvalue weighted by Gasteiger charge is 2.14. The topological polar surface area (TPSA) is 26.0 Å². The standard InChI is InChI=1S/C19H13F2NS/c1-12-2-9-18(23-12)19-16(20)10-14(11-17(19)21)4-3-13-5-7-15(22)8-6-13/h2,5-11H,22H2,1H3. The third-order valence-electron chi connectivity index (χ3n) is 3.29. The van der Waals surface area contributed by atoms with E-state index in [9.17, 15) is 8.78 Å². The molecule has 0 aliphatic rings. The number of nitrogens with two attached hydrogens (primary N) is 1. The third kappa shape index (κ3) is 3.41. The molecule has 4 heteroatoms. The minimum absolute atomic E-state index is 0.00105. The summed E-state index contributed by atoms with van der Waals surface area (Å²) in [6.45, 7) is 1.90. The zero-order valence-electron chi connectivity index (χ0n) is 12.4. The molecule has 0 fully saturated rings.